The molecule has 7 heteroatoms. The summed E-state index contributed by atoms with van der Waals surface area (Å²) in [5.41, 5.74) is 3.63. The van der Waals surface area contributed by atoms with E-state index in [2.05, 4.69) is 36.4 Å². The average Bonchev–Trinajstić information content (AvgIpc) is 3.19. The number of Topliss-reactive ketones (excluding diaryl/α,β-unsaturated/α-hetero) is 1. The minimum Gasteiger partial charge on any atom is -0.357 e. The van der Waals surface area contributed by atoms with Crippen LogP contribution >= 0.6 is 0 Å². The predicted molar refractivity (Wildman–Crippen MR) is 140 cm³/mol. The van der Waals surface area contributed by atoms with Gasteiger partial charge in [-0.3, -0.25) is 19.1 Å². The number of amides is 2. The van der Waals surface area contributed by atoms with Crippen LogP contribution in [0.5, 0.6) is 0 Å². The summed E-state index contributed by atoms with van der Waals surface area (Å²) in [4.78, 5) is 40.2. The molecule has 1 atom stereocenters. The van der Waals surface area contributed by atoms with Gasteiger partial charge in [-0.15, -0.1) is 0 Å². The Morgan fingerprint density at radius 1 is 0.971 bits per heavy atom. The van der Waals surface area contributed by atoms with E-state index in [1.807, 2.05) is 0 Å². The molecule has 0 fully saturated rings. The lowest BCUT2D eigenvalue weighted by atomic mass is 9.94. The van der Waals surface area contributed by atoms with E-state index in [1.54, 1.807) is 23.6 Å². The van der Waals surface area contributed by atoms with Crippen LogP contribution < -0.4 is 5.32 Å². The molecule has 0 saturated carbocycles. The molecule has 0 spiro atoms. The van der Waals surface area contributed by atoms with Gasteiger partial charge in [0, 0.05) is 25.9 Å². The van der Waals surface area contributed by atoms with E-state index < -0.39 is 6.04 Å². The maximum atomic E-state index is 13.6. The monoisotopic (exact) mass is 482 g/mol. The first-order valence-corrected chi connectivity index (χ1v) is 13.3. The molecule has 1 aliphatic heterocycles. The largest absolute Gasteiger partial charge is 0.357 e. The minimum absolute atomic E-state index is 0.0130. The number of nitrogens with one attached hydrogen (secondary N) is 1. The number of carbonyl (C=O) groups excluding carboxylic acids is 3. The fraction of sp³-hybridized carbons (Fsp3) is 0.643. The standard InChI is InChI=1S/C28H42N4O3/c1-19(2)23-16-22-14-12-10-8-6-7-9-11-13-15-31(20(3)28(35)29-5)25(34)18-32-27(22)24(17-23)26(30-32)21(4)33/h16-17,19-20H,6-15,18H2,1-5H3,(H,29,35)/t20-/m0/s1. The third kappa shape index (κ3) is 6.50. The van der Waals surface area contributed by atoms with Gasteiger partial charge in [0.25, 0.3) is 0 Å². The summed E-state index contributed by atoms with van der Waals surface area (Å²) in [5, 5.41) is 8.16. The maximum absolute atomic E-state index is 13.6. The number of aromatic nitrogens is 2. The number of ketones is 1. The van der Waals surface area contributed by atoms with Crippen molar-refractivity contribution in [2.45, 2.75) is 104 Å². The Labute approximate surface area is 209 Å². The molecule has 2 heterocycles. The molecule has 35 heavy (non-hydrogen) atoms. The van der Waals surface area contributed by atoms with Crippen LogP contribution in [0.3, 0.4) is 0 Å². The van der Waals surface area contributed by atoms with Crippen molar-refractivity contribution in [2.24, 2.45) is 0 Å². The molecule has 1 aromatic heterocycles. The second-order valence-electron chi connectivity index (χ2n) is 10.2. The zero-order valence-corrected chi connectivity index (χ0v) is 22.2. The SMILES string of the molecule is CNC(=O)[C@H](C)N1CCCCCCCCCCc2cc(C(C)C)cc3c(C(C)=O)nn(c23)CC1=O. The fourth-order valence-corrected chi connectivity index (χ4v) is 5.09. The van der Waals surface area contributed by atoms with Crippen LogP contribution in [0.4, 0.5) is 0 Å². The van der Waals surface area contributed by atoms with Gasteiger partial charge in [-0.25, -0.2) is 0 Å². The highest BCUT2D eigenvalue weighted by molar-refractivity contribution is 6.06. The second-order valence-corrected chi connectivity index (χ2v) is 10.2. The van der Waals surface area contributed by atoms with Crippen molar-refractivity contribution in [2.75, 3.05) is 13.6 Å². The minimum atomic E-state index is -0.562. The van der Waals surface area contributed by atoms with Gasteiger partial charge in [0.15, 0.2) is 5.78 Å². The smallest absolute Gasteiger partial charge is 0.245 e. The number of carbonyl (C=O) groups is 3. The van der Waals surface area contributed by atoms with Crippen molar-refractivity contribution >= 4 is 28.5 Å². The third-order valence-electron chi connectivity index (χ3n) is 7.24. The fourth-order valence-electron chi connectivity index (χ4n) is 5.09. The van der Waals surface area contributed by atoms with Gasteiger partial charge in [-0.1, -0.05) is 58.4 Å². The molecule has 3 rings (SSSR count). The Hall–Kier alpha value is -2.70. The molecule has 0 bridgehead atoms. The molecule has 2 amide bonds. The molecule has 0 aliphatic carbocycles. The topological polar surface area (TPSA) is 84.3 Å². The number of hydrogen-bond acceptors (Lipinski definition) is 4. The molecular weight excluding hydrogens is 440 g/mol. The van der Waals surface area contributed by atoms with Crippen LogP contribution in [-0.4, -0.2) is 51.9 Å². The lowest BCUT2D eigenvalue weighted by Crippen LogP contribution is -2.48. The summed E-state index contributed by atoms with van der Waals surface area (Å²) >= 11 is 0. The van der Waals surface area contributed by atoms with E-state index in [0.717, 1.165) is 48.6 Å². The van der Waals surface area contributed by atoms with E-state index in [-0.39, 0.29) is 24.1 Å². The van der Waals surface area contributed by atoms with Crippen LogP contribution in [0.25, 0.3) is 10.9 Å². The van der Waals surface area contributed by atoms with Crippen LogP contribution in [0.2, 0.25) is 0 Å². The third-order valence-corrected chi connectivity index (χ3v) is 7.24. The van der Waals surface area contributed by atoms with E-state index in [9.17, 15) is 14.4 Å². The van der Waals surface area contributed by atoms with Gasteiger partial charge >= 0.3 is 0 Å². The lowest BCUT2D eigenvalue weighted by Gasteiger charge is -2.28. The van der Waals surface area contributed by atoms with Crippen LogP contribution in [0.15, 0.2) is 12.1 Å². The molecule has 192 valence electrons. The van der Waals surface area contributed by atoms with Crippen molar-refractivity contribution in [3.05, 3.63) is 29.0 Å². The zero-order chi connectivity index (χ0) is 25.5. The molecule has 0 radical (unpaired) electrons. The van der Waals surface area contributed by atoms with Crippen LogP contribution in [-0.2, 0) is 22.6 Å². The maximum Gasteiger partial charge on any atom is 0.245 e. The van der Waals surface area contributed by atoms with Gasteiger partial charge in [0.05, 0.1) is 5.52 Å². The Kier molecular flexibility index (Phi) is 9.47. The number of rotatable bonds is 4. The van der Waals surface area contributed by atoms with Crippen molar-refractivity contribution in [1.29, 1.82) is 0 Å². The summed E-state index contributed by atoms with van der Waals surface area (Å²) < 4.78 is 1.71. The van der Waals surface area contributed by atoms with Crippen molar-refractivity contribution in [3.63, 3.8) is 0 Å². The second kappa shape index (κ2) is 12.3. The average molecular weight is 483 g/mol. The normalized spacial score (nSPS) is 17.5. The van der Waals surface area contributed by atoms with Crippen molar-refractivity contribution < 1.29 is 14.4 Å². The van der Waals surface area contributed by atoms with Crippen LogP contribution in [0.1, 0.15) is 107 Å². The molecular formula is C28H42N4O3. The van der Waals surface area contributed by atoms with Gasteiger partial charge in [0.1, 0.15) is 18.3 Å². The van der Waals surface area contributed by atoms with E-state index in [4.69, 9.17) is 0 Å². The molecule has 0 saturated heterocycles. The number of benzene rings is 1. The van der Waals surface area contributed by atoms with Crippen molar-refractivity contribution in [3.8, 4) is 0 Å². The molecule has 1 N–H and O–H groups in total. The Balaban J connectivity index is 2.09. The first-order valence-electron chi connectivity index (χ1n) is 13.3. The first kappa shape index (κ1) is 26.9. The quantitative estimate of drug-likeness (QED) is 0.622. The lowest BCUT2D eigenvalue weighted by molar-refractivity contribution is -0.140. The summed E-state index contributed by atoms with van der Waals surface area (Å²) in [6.07, 6.45) is 9.88. The predicted octanol–water partition coefficient (Wildman–Crippen LogP) is 5.00. The number of likely N-dealkylation sites (N-methyl/N-ethyl adjacent to an activating group) is 1. The summed E-state index contributed by atoms with van der Waals surface area (Å²) in [6.45, 7) is 8.17. The molecule has 0 unspecified atom stereocenters. The van der Waals surface area contributed by atoms with Crippen LogP contribution in [0, 0.1) is 0 Å². The van der Waals surface area contributed by atoms with E-state index >= 15 is 0 Å². The first-order chi connectivity index (χ1) is 16.7. The Bertz CT molecular complexity index is 1060. The number of nitrogens with zero attached hydrogens (tertiary/aromatic N) is 3. The molecule has 2 aromatic rings. The van der Waals surface area contributed by atoms with Gasteiger partial charge in [-0.05, 0) is 49.3 Å². The summed E-state index contributed by atoms with van der Waals surface area (Å²) in [5.74, 6) is -0.101. The van der Waals surface area contributed by atoms with Gasteiger partial charge < -0.3 is 10.2 Å². The summed E-state index contributed by atoms with van der Waals surface area (Å²) in [7, 11) is 1.60. The number of aryl methyl sites for hydroxylation is 1. The van der Waals surface area contributed by atoms with Gasteiger partial charge in [0.2, 0.25) is 11.8 Å². The number of hydrogen-bond donors (Lipinski definition) is 1. The molecule has 1 aromatic carbocycles. The summed E-state index contributed by atoms with van der Waals surface area (Å²) in [6, 6.07) is 3.73. The Morgan fingerprint density at radius 2 is 1.60 bits per heavy atom. The highest BCUT2D eigenvalue weighted by Gasteiger charge is 2.27. The molecule has 1 aliphatic rings. The Morgan fingerprint density at radius 3 is 2.20 bits per heavy atom. The van der Waals surface area contributed by atoms with E-state index in [1.165, 1.54) is 38.2 Å². The highest BCUT2D eigenvalue weighted by Crippen LogP contribution is 2.30. The van der Waals surface area contributed by atoms with Crippen molar-refractivity contribution in [1.82, 2.24) is 20.0 Å². The van der Waals surface area contributed by atoms with Gasteiger partial charge in [-0.2, -0.15) is 5.10 Å². The zero-order valence-electron chi connectivity index (χ0n) is 22.2. The molecule has 7 nitrogen and oxygen atoms in total. The highest BCUT2D eigenvalue weighted by atomic mass is 16.2. The van der Waals surface area contributed by atoms with E-state index in [0.29, 0.717) is 18.2 Å².